The Morgan fingerprint density at radius 3 is 2.50 bits per heavy atom. The Kier molecular flexibility index (Phi) is 3.45. The van der Waals surface area contributed by atoms with E-state index in [1.165, 1.54) is 24.8 Å². The van der Waals surface area contributed by atoms with E-state index in [1.807, 2.05) is 0 Å². The zero-order valence-corrected chi connectivity index (χ0v) is 10.1. The van der Waals surface area contributed by atoms with Crippen LogP contribution in [0.25, 0.3) is 0 Å². The molecule has 1 heteroatoms. The molecule has 0 heterocycles. The van der Waals surface area contributed by atoms with Crippen molar-refractivity contribution in [1.82, 2.24) is 5.32 Å². The maximum atomic E-state index is 3.99. The second-order valence-corrected chi connectivity index (χ2v) is 4.65. The van der Waals surface area contributed by atoms with Gasteiger partial charge in [-0.15, -0.1) is 6.58 Å². The minimum absolute atomic E-state index is 0.305. The Morgan fingerprint density at radius 2 is 2.06 bits per heavy atom. The molecule has 0 spiro atoms. The van der Waals surface area contributed by atoms with E-state index in [0.29, 0.717) is 11.5 Å². The van der Waals surface area contributed by atoms with E-state index in [0.717, 1.165) is 6.54 Å². The molecule has 1 atom stereocenters. The molecule has 0 saturated heterocycles. The molecular formula is C15H21N. The zero-order chi connectivity index (χ0) is 11.4. The second kappa shape index (κ2) is 4.84. The van der Waals surface area contributed by atoms with Crippen molar-refractivity contribution in [2.75, 3.05) is 6.54 Å². The third-order valence-electron chi connectivity index (χ3n) is 3.85. The van der Waals surface area contributed by atoms with Crippen molar-refractivity contribution in [3.8, 4) is 0 Å². The molecule has 0 amide bonds. The lowest BCUT2D eigenvalue weighted by molar-refractivity contribution is 0.197. The lowest BCUT2D eigenvalue weighted by Crippen LogP contribution is -2.51. The maximum absolute atomic E-state index is 3.99. The normalized spacial score (nSPS) is 19.8. The molecule has 1 aromatic rings. The van der Waals surface area contributed by atoms with Gasteiger partial charge in [0.25, 0.3) is 0 Å². The zero-order valence-electron chi connectivity index (χ0n) is 10.1. The molecule has 1 saturated carbocycles. The largest absolute Gasteiger partial charge is 0.310 e. The highest BCUT2D eigenvalue weighted by Gasteiger charge is 2.43. The predicted molar refractivity (Wildman–Crippen MR) is 69.6 cm³/mol. The smallest absolute Gasteiger partial charge is 0.0344 e. The number of hydrogen-bond donors (Lipinski definition) is 1. The van der Waals surface area contributed by atoms with Gasteiger partial charge in [-0.2, -0.15) is 0 Å². The molecule has 16 heavy (non-hydrogen) atoms. The van der Waals surface area contributed by atoms with Gasteiger partial charge in [0.15, 0.2) is 0 Å². The molecule has 0 aromatic heterocycles. The summed E-state index contributed by atoms with van der Waals surface area (Å²) in [5.41, 5.74) is 1.77. The molecular weight excluding hydrogens is 194 g/mol. The Labute approximate surface area is 98.6 Å². The Morgan fingerprint density at radius 1 is 1.38 bits per heavy atom. The molecule has 1 aromatic carbocycles. The highest BCUT2D eigenvalue weighted by atomic mass is 14.9. The van der Waals surface area contributed by atoms with E-state index in [2.05, 4.69) is 55.2 Å². The first-order valence-electron chi connectivity index (χ1n) is 6.25. The lowest BCUT2D eigenvalue weighted by Gasteiger charge is -2.47. The molecule has 1 fully saturated rings. The lowest BCUT2D eigenvalue weighted by atomic mass is 9.60. The van der Waals surface area contributed by atoms with Gasteiger partial charge >= 0.3 is 0 Å². The third kappa shape index (κ3) is 1.80. The van der Waals surface area contributed by atoms with Crippen LogP contribution in [0.15, 0.2) is 43.0 Å². The summed E-state index contributed by atoms with van der Waals surface area (Å²) in [4.78, 5) is 0. The monoisotopic (exact) mass is 215 g/mol. The van der Waals surface area contributed by atoms with Crippen molar-refractivity contribution in [2.24, 2.45) is 0 Å². The Balaban J connectivity index is 2.28. The predicted octanol–water partition coefficient (Wildman–Crippen LogP) is 3.27. The van der Waals surface area contributed by atoms with Crippen LogP contribution in [0.5, 0.6) is 0 Å². The van der Waals surface area contributed by atoms with Crippen molar-refractivity contribution in [1.29, 1.82) is 0 Å². The van der Waals surface area contributed by atoms with Gasteiger partial charge in [-0.1, -0.05) is 49.8 Å². The van der Waals surface area contributed by atoms with Crippen LogP contribution in [0, 0.1) is 0 Å². The van der Waals surface area contributed by atoms with Crippen molar-refractivity contribution in [2.45, 2.75) is 37.6 Å². The molecule has 0 aliphatic heterocycles. The Hall–Kier alpha value is -1.08. The van der Waals surface area contributed by atoms with Gasteiger partial charge in [-0.25, -0.2) is 0 Å². The molecule has 2 rings (SSSR count). The standard InChI is InChI=1S/C15H21N/c1-3-14(16-4-2)15(11-8-12-15)13-9-6-5-7-10-13/h3,5-7,9-10,14,16H,1,4,8,11-12H2,2H3. The number of benzene rings is 1. The fourth-order valence-corrected chi connectivity index (χ4v) is 2.83. The van der Waals surface area contributed by atoms with E-state index in [-0.39, 0.29) is 0 Å². The summed E-state index contributed by atoms with van der Waals surface area (Å²) in [6.45, 7) is 7.16. The fraction of sp³-hybridized carbons (Fsp3) is 0.467. The maximum Gasteiger partial charge on any atom is 0.0344 e. The van der Waals surface area contributed by atoms with Gasteiger partial charge in [0, 0.05) is 11.5 Å². The van der Waals surface area contributed by atoms with E-state index < -0.39 is 0 Å². The van der Waals surface area contributed by atoms with Crippen molar-refractivity contribution in [3.63, 3.8) is 0 Å². The Bertz CT molecular complexity index is 338. The highest BCUT2D eigenvalue weighted by Crippen LogP contribution is 2.46. The van der Waals surface area contributed by atoms with Crippen LogP contribution in [0.3, 0.4) is 0 Å². The molecule has 1 unspecified atom stereocenters. The minimum Gasteiger partial charge on any atom is -0.310 e. The summed E-state index contributed by atoms with van der Waals surface area (Å²) in [7, 11) is 0. The van der Waals surface area contributed by atoms with E-state index >= 15 is 0 Å². The summed E-state index contributed by atoms with van der Waals surface area (Å²) in [5.74, 6) is 0. The van der Waals surface area contributed by atoms with Crippen molar-refractivity contribution >= 4 is 0 Å². The minimum atomic E-state index is 0.305. The van der Waals surface area contributed by atoms with Crippen LogP contribution in [-0.4, -0.2) is 12.6 Å². The van der Waals surface area contributed by atoms with Crippen LogP contribution in [0.1, 0.15) is 31.7 Å². The summed E-state index contributed by atoms with van der Waals surface area (Å²) in [6.07, 6.45) is 5.97. The topological polar surface area (TPSA) is 12.0 Å². The van der Waals surface area contributed by atoms with Gasteiger partial charge < -0.3 is 5.32 Å². The molecule has 1 aliphatic carbocycles. The average Bonchev–Trinajstić information content (AvgIpc) is 2.28. The van der Waals surface area contributed by atoms with E-state index in [1.54, 1.807) is 0 Å². The first-order chi connectivity index (χ1) is 7.83. The van der Waals surface area contributed by atoms with Crippen molar-refractivity contribution < 1.29 is 0 Å². The molecule has 1 aliphatic rings. The van der Waals surface area contributed by atoms with E-state index in [9.17, 15) is 0 Å². The molecule has 0 bridgehead atoms. The first-order valence-corrected chi connectivity index (χ1v) is 6.25. The van der Waals surface area contributed by atoms with Crippen LogP contribution in [-0.2, 0) is 5.41 Å². The van der Waals surface area contributed by atoms with E-state index in [4.69, 9.17) is 0 Å². The fourth-order valence-electron chi connectivity index (χ4n) is 2.83. The molecule has 1 nitrogen and oxygen atoms in total. The second-order valence-electron chi connectivity index (χ2n) is 4.65. The van der Waals surface area contributed by atoms with Crippen molar-refractivity contribution in [3.05, 3.63) is 48.6 Å². The average molecular weight is 215 g/mol. The first kappa shape index (κ1) is 11.4. The molecule has 1 N–H and O–H groups in total. The number of rotatable bonds is 5. The third-order valence-corrected chi connectivity index (χ3v) is 3.85. The van der Waals surface area contributed by atoms with Gasteiger partial charge in [0.2, 0.25) is 0 Å². The number of hydrogen-bond acceptors (Lipinski definition) is 1. The van der Waals surface area contributed by atoms with Crippen LogP contribution >= 0.6 is 0 Å². The summed E-state index contributed by atoms with van der Waals surface area (Å²) >= 11 is 0. The summed E-state index contributed by atoms with van der Waals surface area (Å²) < 4.78 is 0. The quantitative estimate of drug-likeness (QED) is 0.743. The van der Waals surface area contributed by atoms with Gasteiger partial charge in [-0.3, -0.25) is 0 Å². The van der Waals surface area contributed by atoms with Crippen LogP contribution in [0.2, 0.25) is 0 Å². The summed E-state index contributed by atoms with van der Waals surface area (Å²) in [5, 5.41) is 3.56. The molecule has 0 radical (unpaired) electrons. The summed E-state index contributed by atoms with van der Waals surface area (Å²) in [6, 6.07) is 11.3. The van der Waals surface area contributed by atoms with Gasteiger partial charge in [0.1, 0.15) is 0 Å². The van der Waals surface area contributed by atoms with Crippen LogP contribution in [0.4, 0.5) is 0 Å². The SMILES string of the molecule is C=CC(NCC)C1(c2ccccc2)CCC1. The number of nitrogens with one attached hydrogen (secondary N) is 1. The van der Waals surface area contributed by atoms with Crippen LogP contribution < -0.4 is 5.32 Å². The highest BCUT2D eigenvalue weighted by molar-refractivity contribution is 5.32. The van der Waals surface area contributed by atoms with Gasteiger partial charge in [0.05, 0.1) is 0 Å². The molecule has 86 valence electrons. The number of likely N-dealkylation sites (N-methyl/N-ethyl adjacent to an activating group) is 1. The van der Waals surface area contributed by atoms with Gasteiger partial charge in [-0.05, 0) is 24.9 Å².